The van der Waals surface area contributed by atoms with E-state index in [1.807, 2.05) is 38.2 Å². The van der Waals surface area contributed by atoms with E-state index in [1.54, 1.807) is 10.9 Å². The molecule has 20 heavy (non-hydrogen) atoms. The summed E-state index contributed by atoms with van der Waals surface area (Å²) in [7, 11) is 1.81. The molecule has 0 bridgehead atoms. The molecule has 1 aromatic carbocycles. The molecule has 0 fully saturated rings. The lowest BCUT2D eigenvalue weighted by atomic mass is 10.0. The number of rotatable bonds is 2. The van der Waals surface area contributed by atoms with Gasteiger partial charge in [0, 0.05) is 28.9 Å². The molecule has 3 rings (SSSR count). The van der Waals surface area contributed by atoms with Crippen LogP contribution in [0, 0.1) is 6.92 Å². The van der Waals surface area contributed by atoms with Gasteiger partial charge >= 0.3 is 0 Å². The highest BCUT2D eigenvalue weighted by molar-refractivity contribution is 6.33. The van der Waals surface area contributed by atoms with Crippen molar-refractivity contribution in [2.45, 2.75) is 6.92 Å². The van der Waals surface area contributed by atoms with Gasteiger partial charge in [-0.2, -0.15) is 10.2 Å². The summed E-state index contributed by atoms with van der Waals surface area (Å²) in [6, 6.07) is 7.60. The third kappa shape index (κ3) is 1.87. The maximum atomic E-state index is 6.30. The maximum Gasteiger partial charge on any atom is 0.129 e. The topological polar surface area (TPSA) is 72.5 Å². The van der Waals surface area contributed by atoms with Gasteiger partial charge in [-0.1, -0.05) is 29.8 Å². The van der Waals surface area contributed by atoms with Crippen LogP contribution >= 0.6 is 11.6 Å². The summed E-state index contributed by atoms with van der Waals surface area (Å²) in [5, 5.41) is 12.1. The molecule has 2 heterocycles. The number of aryl methyl sites for hydroxylation is 2. The average molecular weight is 288 g/mol. The third-order valence-electron chi connectivity index (χ3n) is 3.32. The van der Waals surface area contributed by atoms with Crippen molar-refractivity contribution in [1.82, 2.24) is 20.0 Å². The van der Waals surface area contributed by atoms with E-state index in [1.165, 1.54) is 0 Å². The quantitative estimate of drug-likeness (QED) is 0.761. The van der Waals surface area contributed by atoms with E-state index >= 15 is 0 Å². The fraction of sp³-hybridized carbons (Fsp3) is 0.143. The number of nitrogen functional groups attached to an aromatic ring is 1. The fourth-order valence-electron chi connectivity index (χ4n) is 2.24. The highest BCUT2D eigenvalue weighted by Gasteiger charge is 2.21. The van der Waals surface area contributed by atoms with Crippen molar-refractivity contribution in [1.29, 1.82) is 0 Å². The monoisotopic (exact) mass is 287 g/mol. The van der Waals surface area contributed by atoms with Gasteiger partial charge in [0.25, 0.3) is 0 Å². The van der Waals surface area contributed by atoms with E-state index in [0.29, 0.717) is 10.8 Å². The lowest BCUT2D eigenvalue weighted by molar-refractivity contribution is 0.782. The van der Waals surface area contributed by atoms with E-state index in [4.69, 9.17) is 17.3 Å². The van der Waals surface area contributed by atoms with E-state index in [9.17, 15) is 0 Å². The summed E-state index contributed by atoms with van der Waals surface area (Å²) >= 11 is 6.30. The van der Waals surface area contributed by atoms with Gasteiger partial charge in [-0.3, -0.25) is 9.78 Å². The van der Waals surface area contributed by atoms with Crippen molar-refractivity contribution >= 4 is 17.4 Å². The van der Waals surface area contributed by atoms with Crippen molar-refractivity contribution in [3.05, 3.63) is 41.2 Å². The van der Waals surface area contributed by atoms with E-state index in [-0.39, 0.29) is 0 Å². The van der Waals surface area contributed by atoms with Crippen LogP contribution in [0.2, 0.25) is 5.02 Å². The minimum Gasteiger partial charge on any atom is -0.383 e. The molecule has 0 atom stereocenters. The number of nitrogens with two attached hydrogens (primary N) is 1. The van der Waals surface area contributed by atoms with Gasteiger partial charge in [-0.05, 0) is 13.0 Å². The number of halogens is 1. The lowest BCUT2D eigenvalue weighted by Gasteiger charge is -2.06. The first-order valence-electron chi connectivity index (χ1n) is 6.17. The Morgan fingerprint density at radius 1 is 1.25 bits per heavy atom. The Labute approximate surface area is 121 Å². The lowest BCUT2D eigenvalue weighted by Crippen LogP contribution is -1.98. The summed E-state index contributed by atoms with van der Waals surface area (Å²) in [5.74, 6) is 0.578. The largest absolute Gasteiger partial charge is 0.383 e. The summed E-state index contributed by atoms with van der Waals surface area (Å²) in [4.78, 5) is 0. The predicted octanol–water partition coefficient (Wildman–Crippen LogP) is 3.02. The molecular formula is C14H14ClN5. The molecule has 3 N–H and O–H groups in total. The first kappa shape index (κ1) is 12.7. The molecule has 3 aromatic rings. The molecule has 102 valence electrons. The molecule has 6 heteroatoms. The predicted molar refractivity (Wildman–Crippen MR) is 80.4 cm³/mol. The van der Waals surface area contributed by atoms with Crippen LogP contribution in [0.4, 0.5) is 5.82 Å². The number of nitrogens with zero attached hydrogens (tertiary/aromatic N) is 3. The van der Waals surface area contributed by atoms with Crippen LogP contribution in [-0.4, -0.2) is 20.0 Å². The van der Waals surface area contributed by atoms with Gasteiger partial charge in [0.05, 0.1) is 11.8 Å². The number of aromatic nitrogens is 4. The number of benzene rings is 1. The molecule has 0 aliphatic carbocycles. The second-order valence-corrected chi connectivity index (χ2v) is 5.03. The van der Waals surface area contributed by atoms with Crippen LogP contribution in [0.1, 0.15) is 5.69 Å². The van der Waals surface area contributed by atoms with Crippen molar-refractivity contribution in [2.75, 3.05) is 5.73 Å². The molecule has 0 aliphatic rings. The molecule has 0 saturated heterocycles. The number of nitrogens with one attached hydrogen (secondary N) is 1. The Morgan fingerprint density at radius 3 is 2.65 bits per heavy atom. The van der Waals surface area contributed by atoms with Gasteiger partial charge in [0.15, 0.2) is 0 Å². The zero-order valence-electron chi connectivity index (χ0n) is 11.2. The molecule has 5 nitrogen and oxygen atoms in total. The van der Waals surface area contributed by atoms with Crippen LogP contribution in [0.15, 0.2) is 30.5 Å². The van der Waals surface area contributed by atoms with Crippen LogP contribution in [0.5, 0.6) is 0 Å². The van der Waals surface area contributed by atoms with Crippen LogP contribution in [0.3, 0.4) is 0 Å². The molecule has 0 aliphatic heterocycles. The molecule has 0 unspecified atom stereocenters. The Morgan fingerprint density at radius 2 is 2.00 bits per heavy atom. The van der Waals surface area contributed by atoms with Gasteiger partial charge in [0.1, 0.15) is 11.5 Å². The summed E-state index contributed by atoms with van der Waals surface area (Å²) in [6.07, 6.45) is 1.75. The molecular weight excluding hydrogens is 274 g/mol. The van der Waals surface area contributed by atoms with E-state index < -0.39 is 0 Å². The second kappa shape index (κ2) is 4.68. The molecule has 2 aromatic heterocycles. The molecule has 0 radical (unpaired) electrons. The second-order valence-electron chi connectivity index (χ2n) is 4.62. The van der Waals surface area contributed by atoms with Crippen molar-refractivity contribution < 1.29 is 0 Å². The number of anilines is 1. The standard InChI is InChI=1S/C14H14ClN5/c1-8-10(7-17-18-8)13-12(14(16)20(2)19-13)9-5-3-4-6-11(9)15/h3-7H,16H2,1-2H3,(H,17,18). The highest BCUT2D eigenvalue weighted by Crippen LogP contribution is 2.39. The SMILES string of the molecule is Cc1[nH]ncc1-c1nn(C)c(N)c1-c1ccccc1Cl. The normalized spacial score (nSPS) is 10.9. The van der Waals surface area contributed by atoms with Crippen molar-refractivity contribution in [3.63, 3.8) is 0 Å². The van der Waals surface area contributed by atoms with Gasteiger partial charge in [-0.25, -0.2) is 0 Å². The summed E-state index contributed by atoms with van der Waals surface area (Å²) in [6.45, 7) is 1.95. The number of hydrogen-bond acceptors (Lipinski definition) is 3. The van der Waals surface area contributed by atoms with Crippen LogP contribution < -0.4 is 5.73 Å². The molecule has 0 saturated carbocycles. The maximum absolute atomic E-state index is 6.30. The Balaban J connectivity index is 2.31. The number of hydrogen-bond donors (Lipinski definition) is 2. The number of aromatic amines is 1. The summed E-state index contributed by atoms with van der Waals surface area (Å²) in [5.41, 5.74) is 10.5. The fourth-order valence-corrected chi connectivity index (χ4v) is 2.47. The average Bonchev–Trinajstić information content (AvgIpc) is 2.96. The minimum absolute atomic E-state index is 0.578. The van der Waals surface area contributed by atoms with Gasteiger partial charge < -0.3 is 5.73 Å². The molecule has 0 spiro atoms. The zero-order chi connectivity index (χ0) is 14.3. The van der Waals surface area contributed by atoms with Crippen LogP contribution in [0.25, 0.3) is 22.4 Å². The highest BCUT2D eigenvalue weighted by atomic mass is 35.5. The van der Waals surface area contributed by atoms with E-state index in [0.717, 1.165) is 28.1 Å². The summed E-state index contributed by atoms with van der Waals surface area (Å²) < 4.78 is 1.65. The van der Waals surface area contributed by atoms with Gasteiger partial charge in [-0.15, -0.1) is 0 Å². The van der Waals surface area contributed by atoms with Crippen LogP contribution in [-0.2, 0) is 7.05 Å². The van der Waals surface area contributed by atoms with Crippen molar-refractivity contribution in [2.24, 2.45) is 7.05 Å². The minimum atomic E-state index is 0.578. The third-order valence-corrected chi connectivity index (χ3v) is 3.65. The first-order chi connectivity index (χ1) is 9.59. The number of H-pyrrole nitrogens is 1. The Bertz CT molecular complexity index is 772. The molecule has 0 amide bonds. The van der Waals surface area contributed by atoms with E-state index in [2.05, 4.69) is 15.3 Å². The smallest absolute Gasteiger partial charge is 0.129 e. The van der Waals surface area contributed by atoms with Crippen molar-refractivity contribution in [3.8, 4) is 22.4 Å². The zero-order valence-corrected chi connectivity index (χ0v) is 11.9. The Hall–Kier alpha value is -2.27. The Kier molecular flexibility index (Phi) is 2.99. The van der Waals surface area contributed by atoms with Gasteiger partial charge in [0.2, 0.25) is 0 Å². The first-order valence-corrected chi connectivity index (χ1v) is 6.55.